The third kappa shape index (κ3) is 5.03. The molecule has 23 heavy (non-hydrogen) atoms. The number of hydrogen-bond donors (Lipinski definition) is 2. The van der Waals surface area contributed by atoms with Gasteiger partial charge in [-0.2, -0.15) is 5.10 Å². The summed E-state index contributed by atoms with van der Waals surface area (Å²) in [7, 11) is 0. The van der Waals surface area contributed by atoms with Crippen molar-refractivity contribution in [1.29, 1.82) is 0 Å². The summed E-state index contributed by atoms with van der Waals surface area (Å²) in [5, 5.41) is 10.4. The van der Waals surface area contributed by atoms with Gasteiger partial charge >= 0.3 is 0 Å². The first-order valence-electron chi connectivity index (χ1n) is 8.34. The van der Waals surface area contributed by atoms with Crippen LogP contribution in [0.3, 0.4) is 0 Å². The number of nitrogens with zero attached hydrogens (tertiary/aromatic N) is 3. The van der Waals surface area contributed by atoms with Gasteiger partial charge in [-0.25, -0.2) is 0 Å². The Morgan fingerprint density at radius 2 is 2.43 bits per heavy atom. The van der Waals surface area contributed by atoms with Crippen LogP contribution in [0.15, 0.2) is 23.2 Å². The molecule has 2 N–H and O–H groups in total. The van der Waals surface area contributed by atoms with Crippen LogP contribution in [0.4, 0.5) is 0 Å². The van der Waals surface area contributed by atoms with Crippen molar-refractivity contribution in [2.45, 2.75) is 45.6 Å². The summed E-state index contributed by atoms with van der Waals surface area (Å²) in [6.45, 7) is 8.31. The number of aromatic amines is 1. The number of aromatic nitrogens is 2. The molecule has 1 aromatic rings. The highest BCUT2D eigenvalue weighted by molar-refractivity contribution is 5.92. The minimum atomic E-state index is 0.00632. The van der Waals surface area contributed by atoms with E-state index in [1.165, 1.54) is 0 Å². The zero-order valence-electron chi connectivity index (χ0n) is 14.2. The first-order valence-corrected chi connectivity index (χ1v) is 8.34. The van der Waals surface area contributed by atoms with E-state index in [0.29, 0.717) is 30.9 Å². The Morgan fingerprint density at radius 3 is 3.13 bits per heavy atom. The number of carbonyl (C=O) groups is 1. The summed E-state index contributed by atoms with van der Waals surface area (Å²) in [6, 6.07) is 2.16. The number of nitrogens with one attached hydrogen (secondary N) is 2. The summed E-state index contributed by atoms with van der Waals surface area (Å²) in [5.41, 5.74) is 1.51. The van der Waals surface area contributed by atoms with Gasteiger partial charge in [0.1, 0.15) is 5.69 Å². The molecular formula is C17H27N5O. The molecule has 0 spiro atoms. The number of rotatable bonds is 7. The number of aliphatic imine (C=N–C) groups is 1. The Morgan fingerprint density at radius 1 is 1.61 bits per heavy atom. The van der Waals surface area contributed by atoms with Gasteiger partial charge in [0.15, 0.2) is 0 Å². The van der Waals surface area contributed by atoms with Gasteiger partial charge in [0.25, 0.3) is 5.91 Å². The second-order valence-corrected chi connectivity index (χ2v) is 6.13. The monoisotopic (exact) mass is 317 g/mol. The Bertz CT molecular complexity index is 561. The molecule has 0 bridgehead atoms. The number of H-pyrrole nitrogens is 1. The molecule has 1 aliphatic heterocycles. The molecule has 1 saturated heterocycles. The maximum atomic E-state index is 12.5. The molecule has 0 aromatic carbocycles. The van der Waals surface area contributed by atoms with E-state index in [9.17, 15) is 4.79 Å². The fourth-order valence-corrected chi connectivity index (χ4v) is 2.51. The molecule has 0 radical (unpaired) electrons. The summed E-state index contributed by atoms with van der Waals surface area (Å²) < 4.78 is 0. The molecule has 1 aromatic heterocycles. The lowest BCUT2D eigenvalue weighted by molar-refractivity contribution is 0.0783. The molecule has 6 nitrogen and oxygen atoms in total. The highest BCUT2D eigenvalue weighted by Crippen LogP contribution is 2.16. The SMILES string of the molecule is CC/C=C\C=N/CNC1CCN(C(=O)c2cc(C(C)C)[nH]n2)C1. The maximum absolute atomic E-state index is 12.5. The van der Waals surface area contributed by atoms with E-state index in [-0.39, 0.29) is 5.91 Å². The van der Waals surface area contributed by atoms with Gasteiger partial charge in [-0.1, -0.05) is 26.8 Å². The predicted octanol–water partition coefficient (Wildman–Crippen LogP) is 2.33. The molecular weight excluding hydrogens is 290 g/mol. The normalized spacial score (nSPS) is 18.8. The van der Waals surface area contributed by atoms with Gasteiger partial charge in [0.2, 0.25) is 0 Å². The third-order valence-electron chi connectivity index (χ3n) is 3.95. The van der Waals surface area contributed by atoms with Gasteiger partial charge < -0.3 is 4.90 Å². The Labute approximate surface area is 138 Å². The van der Waals surface area contributed by atoms with E-state index in [0.717, 1.165) is 25.1 Å². The van der Waals surface area contributed by atoms with Crippen LogP contribution in [-0.2, 0) is 0 Å². The second-order valence-electron chi connectivity index (χ2n) is 6.13. The topological polar surface area (TPSA) is 73.4 Å². The zero-order valence-corrected chi connectivity index (χ0v) is 14.2. The zero-order chi connectivity index (χ0) is 16.7. The average molecular weight is 317 g/mol. The van der Waals surface area contributed by atoms with Crippen LogP contribution in [-0.4, -0.2) is 53.0 Å². The van der Waals surface area contributed by atoms with Crippen molar-refractivity contribution in [2.75, 3.05) is 19.8 Å². The molecule has 1 atom stereocenters. The third-order valence-corrected chi connectivity index (χ3v) is 3.95. The highest BCUT2D eigenvalue weighted by Gasteiger charge is 2.27. The lowest BCUT2D eigenvalue weighted by Crippen LogP contribution is -2.35. The Kier molecular flexibility index (Phi) is 6.52. The Hall–Kier alpha value is -1.95. The van der Waals surface area contributed by atoms with Gasteiger partial charge in [-0.3, -0.25) is 20.2 Å². The van der Waals surface area contributed by atoms with Crippen LogP contribution in [0.1, 0.15) is 55.7 Å². The summed E-state index contributed by atoms with van der Waals surface area (Å²) in [5.74, 6) is 0.350. The molecule has 0 aliphatic carbocycles. The van der Waals surface area contributed by atoms with E-state index in [4.69, 9.17) is 0 Å². The van der Waals surface area contributed by atoms with Crippen molar-refractivity contribution in [3.63, 3.8) is 0 Å². The maximum Gasteiger partial charge on any atom is 0.274 e. The van der Waals surface area contributed by atoms with Crippen LogP contribution in [0.5, 0.6) is 0 Å². The molecule has 2 rings (SSSR count). The van der Waals surface area contributed by atoms with Crippen LogP contribution in [0.25, 0.3) is 0 Å². The average Bonchev–Trinajstić information content (AvgIpc) is 3.19. The second kappa shape index (κ2) is 8.62. The highest BCUT2D eigenvalue weighted by atomic mass is 16.2. The van der Waals surface area contributed by atoms with Crippen molar-refractivity contribution in [2.24, 2.45) is 4.99 Å². The van der Waals surface area contributed by atoms with Gasteiger partial charge in [0.05, 0.1) is 6.67 Å². The fraction of sp³-hybridized carbons (Fsp3) is 0.588. The summed E-state index contributed by atoms with van der Waals surface area (Å²) >= 11 is 0. The van der Waals surface area contributed by atoms with E-state index in [2.05, 4.69) is 47.4 Å². The van der Waals surface area contributed by atoms with Crippen molar-refractivity contribution >= 4 is 12.1 Å². The van der Waals surface area contributed by atoms with Gasteiger partial charge in [0, 0.05) is 31.0 Å². The molecule has 1 unspecified atom stereocenters. The first kappa shape index (κ1) is 17.4. The van der Waals surface area contributed by atoms with Crippen LogP contribution < -0.4 is 5.32 Å². The number of allylic oxidation sites excluding steroid dienone is 2. The van der Waals surface area contributed by atoms with Gasteiger partial charge in [-0.05, 0) is 30.9 Å². The predicted molar refractivity (Wildman–Crippen MR) is 92.9 cm³/mol. The fourth-order valence-electron chi connectivity index (χ4n) is 2.51. The lowest BCUT2D eigenvalue weighted by Gasteiger charge is -2.15. The number of carbonyl (C=O) groups excluding carboxylic acids is 1. The van der Waals surface area contributed by atoms with Crippen LogP contribution >= 0.6 is 0 Å². The number of hydrogen-bond acceptors (Lipinski definition) is 4. The molecule has 6 heteroatoms. The molecule has 1 fully saturated rings. The minimum Gasteiger partial charge on any atom is -0.336 e. The van der Waals surface area contributed by atoms with Crippen molar-refractivity contribution in [3.8, 4) is 0 Å². The van der Waals surface area contributed by atoms with E-state index < -0.39 is 0 Å². The molecule has 0 saturated carbocycles. The quantitative estimate of drug-likeness (QED) is 0.758. The smallest absolute Gasteiger partial charge is 0.274 e. The molecule has 2 heterocycles. The van der Waals surface area contributed by atoms with Crippen LogP contribution in [0.2, 0.25) is 0 Å². The summed E-state index contributed by atoms with van der Waals surface area (Å²) in [6.07, 6.45) is 7.80. The van der Waals surface area contributed by atoms with Crippen molar-refractivity contribution in [1.82, 2.24) is 20.4 Å². The van der Waals surface area contributed by atoms with Crippen molar-refractivity contribution in [3.05, 3.63) is 29.6 Å². The van der Waals surface area contributed by atoms with Gasteiger partial charge in [-0.15, -0.1) is 0 Å². The van der Waals surface area contributed by atoms with Crippen LogP contribution in [0, 0.1) is 0 Å². The van der Waals surface area contributed by atoms with E-state index >= 15 is 0 Å². The Balaban J connectivity index is 1.78. The number of amides is 1. The standard InChI is InChI=1S/C17H27N5O/c1-4-5-6-8-18-12-19-14-7-9-22(11-14)17(23)16-10-15(13(2)3)20-21-16/h5-6,8,10,13-14,19H,4,7,9,11-12H2,1-3H3,(H,20,21)/b6-5-,18-8-. The summed E-state index contributed by atoms with van der Waals surface area (Å²) in [4.78, 5) is 18.6. The van der Waals surface area contributed by atoms with Crippen molar-refractivity contribution < 1.29 is 4.79 Å². The molecule has 1 aliphatic rings. The van der Waals surface area contributed by atoms with E-state index in [1.807, 2.05) is 23.3 Å². The lowest BCUT2D eigenvalue weighted by atomic mass is 10.1. The molecule has 126 valence electrons. The minimum absolute atomic E-state index is 0.00632. The van der Waals surface area contributed by atoms with E-state index in [1.54, 1.807) is 0 Å². The number of likely N-dealkylation sites (tertiary alicyclic amines) is 1. The first-order chi connectivity index (χ1) is 11.1. The molecule has 1 amide bonds. The largest absolute Gasteiger partial charge is 0.336 e.